The van der Waals surface area contributed by atoms with Crippen LogP contribution >= 0.6 is 0 Å². The second-order valence-corrected chi connectivity index (χ2v) is 5.53. The molecule has 0 saturated carbocycles. The summed E-state index contributed by atoms with van der Waals surface area (Å²) in [5.41, 5.74) is 1.11. The van der Waals surface area contributed by atoms with Crippen molar-refractivity contribution in [2.24, 2.45) is 0 Å². The highest BCUT2D eigenvalue weighted by molar-refractivity contribution is 5.96. The highest BCUT2D eigenvalue weighted by atomic mass is 19.1. The first kappa shape index (κ1) is 18.1. The fraction of sp³-hybridized carbons (Fsp3) is 0.105. The topological polar surface area (TPSA) is 93.5 Å². The minimum Gasteiger partial charge on any atom is -0.472 e. The van der Waals surface area contributed by atoms with Gasteiger partial charge in [0.2, 0.25) is 11.8 Å². The smallest absolute Gasteiger partial charge is 0.254 e. The molecule has 2 N–H and O–H groups in total. The average molecular weight is 369 g/mol. The van der Waals surface area contributed by atoms with Crippen LogP contribution in [0, 0.1) is 5.82 Å². The van der Waals surface area contributed by atoms with Crippen LogP contribution in [0.2, 0.25) is 0 Å². The maximum Gasteiger partial charge on any atom is 0.254 e. The lowest BCUT2D eigenvalue weighted by Gasteiger charge is -2.08. The molecule has 0 aliphatic heterocycles. The van der Waals surface area contributed by atoms with E-state index in [1.165, 1.54) is 42.9 Å². The normalized spacial score (nSPS) is 10.3. The Balaban J connectivity index is 1.48. The lowest BCUT2D eigenvalue weighted by Crippen LogP contribution is -2.36. The average Bonchev–Trinajstić information content (AvgIpc) is 3.21. The van der Waals surface area contributed by atoms with Gasteiger partial charge in [-0.05, 0) is 42.0 Å². The van der Waals surface area contributed by atoms with Crippen LogP contribution in [0.25, 0.3) is 0 Å². The van der Waals surface area contributed by atoms with Gasteiger partial charge in [-0.25, -0.2) is 9.37 Å². The van der Waals surface area contributed by atoms with Gasteiger partial charge in [0.05, 0.1) is 18.4 Å². The largest absolute Gasteiger partial charge is 0.472 e. The Morgan fingerprint density at radius 2 is 1.93 bits per heavy atom. The zero-order chi connectivity index (χ0) is 19.1. The number of rotatable bonds is 7. The molecule has 8 heteroatoms. The number of hydrogen-bond acceptors (Lipinski definition) is 5. The quantitative estimate of drug-likeness (QED) is 0.668. The third-order valence-corrected chi connectivity index (χ3v) is 3.52. The van der Waals surface area contributed by atoms with Crippen molar-refractivity contribution < 1.29 is 23.1 Å². The Labute approximate surface area is 154 Å². The molecule has 2 heterocycles. The van der Waals surface area contributed by atoms with Crippen LogP contribution in [0.5, 0.6) is 11.6 Å². The summed E-state index contributed by atoms with van der Waals surface area (Å²) >= 11 is 0. The van der Waals surface area contributed by atoms with Gasteiger partial charge in [0.25, 0.3) is 5.91 Å². The molecular formula is C19H16FN3O4. The number of furan rings is 1. The van der Waals surface area contributed by atoms with Crippen molar-refractivity contribution in [3.05, 3.63) is 78.1 Å². The Bertz CT molecular complexity index is 911. The summed E-state index contributed by atoms with van der Waals surface area (Å²) in [5.74, 6) is -0.317. The number of pyridine rings is 1. The Morgan fingerprint density at radius 3 is 2.67 bits per heavy atom. The number of ether oxygens (including phenoxy) is 1. The Hall–Kier alpha value is -3.68. The van der Waals surface area contributed by atoms with E-state index in [0.29, 0.717) is 17.2 Å². The molecule has 7 nitrogen and oxygen atoms in total. The third-order valence-electron chi connectivity index (χ3n) is 3.52. The molecule has 27 heavy (non-hydrogen) atoms. The molecule has 138 valence electrons. The van der Waals surface area contributed by atoms with Crippen LogP contribution in [0.4, 0.5) is 4.39 Å². The van der Waals surface area contributed by atoms with E-state index >= 15 is 0 Å². The predicted molar refractivity (Wildman–Crippen MR) is 93.6 cm³/mol. The van der Waals surface area contributed by atoms with Gasteiger partial charge in [0.1, 0.15) is 17.8 Å². The van der Waals surface area contributed by atoms with Crippen LogP contribution in [0.15, 0.2) is 65.6 Å². The van der Waals surface area contributed by atoms with E-state index in [-0.39, 0.29) is 24.8 Å². The number of aromatic nitrogens is 1. The van der Waals surface area contributed by atoms with Crippen molar-refractivity contribution in [2.75, 3.05) is 6.54 Å². The highest BCUT2D eigenvalue weighted by Gasteiger charge is 2.09. The number of carbonyl (C=O) groups is 2. The Morgan fingerprint density at radius 1 is 1.11 bits per heavy atom. The van der Waals surface area contributed by atoms with E-state index in [4.69, 9.17) is 9.15 Å². The van der Waals surface area contributed by atoms with Gasteiger partial charge in [-0.1, -0.05) is 0 Å². The molecule has 0 atom stereocenters. The van der Waals surface area contributed by atoms with E-state index in [1.54, 1.807) is 18.3 Å². The fourth-order valence-corrected chi connectivity index (χ4v) is 2.16. The molecule has 0 bridgehead atoms. The molecule has 0 aliphatic carbocycles. The molecular weight excluding hydrogens is 353 g/mol. The van der Waals surface area contributed by atoms with E-state index < -0.39 is 5.91 Å². The zero-order valence-corrected chi connectivity index (χ0v) is 14.1. The molecule has 0 radical (unpaired) electrons. The number of carbonyl (C=O) groups excluding carboxylic acids is 2. The lowest BCUT2D eigenvalue weighted by molar-refractivity contribution is -0.120. The van der Waals surface area contributed by atoms with Crippen molar-refractivity contribution in [2.45, 2.75) is 6.54 Å². The predicted octanol–water partition coefficient (Wildman–Crippen LogP) is 2.65. The van der Waals surface area contributed by atoms with Crippen LogP contribution < -0.4 is 15.4 Å². The molecule has 1 aromatic carbocycles. The second-order valence-electron chi connectivity index (χ2n) is 5.53. The molecule has 0 aliphatic rings. The monoisotopic (exact) mass is 369 g/mol. The zero-order valence-electron chi connectivity index (χ0n) is 14.1. The summed E-state index contributed by atoms with van der Waals surface area (Å²) in [6, 6.07) is 10.5. The molecule has 2 aromatic heterocycles. The van der Waals surface area contributed by atoms with E-state index in [0.717, 1.165) is 5.56 Å². The van der Waals surface area contributed by atoms with Gasteiger partial charge in [-0.2, -0.15) is 0 Å². The van der Waals surface area contributed by atoms with Crippen LogP contribution in [-0.4, -0.2) is 23.3 Å². The molecule has 0 fully saturated rings. The van der Waals surface area contributed by atoms with Gasteiger partial charge >= 0.3 is 0 Å². The maximum atomic E-state index is 12.9. The molecule has 3 rings (SSSR count). The van der Waals surface area contributed by atoms with E-state index in [9.17, 15) is 14.0 Å². The number of benzene rings is 1. The van der Waals surface area contributed by atoms with Gasteiger partial charge in [0, 0.05) is 18.8 Å². The molecule has 0 saturated heterocycles. The number of nitrogens with zero attached hydrogens (tertiary/aromatic N) is 1. The van der Waals surface area contributed by atoms with Crippen molar-refractivity contribution in [1.29, 1.82) is 0 Å². The van der Waals surface area contributed by atoms with E-state index in [2.05, 4.69) is 15.6 Å². The van der Waals surface area contributed by atoms with Gasteiger partial charge < -0.3 is 19.8 Å². The standard InChI is InChI=1S/C19H16FN3O4/c20-15-1-3-16(4-2-15)27-18-9-13(5-7-21-18)10-22-17(24)11-23-19(25)14-6-8-26-12-14/h1-9,12H,10-11H2,(H,22,24)(H,23,25). The van der Waals surface area contributed by atoms with Gasteiger partial charge in [-0.3, -0.25) is 9.59 Å². The minimum absolute atomic E-state index is 0.159. The summed E-state index contributed by atoms with van der Waals surface area (Å²) in [5, 5.41) is 5.18. The number of halogens is 1. The van der Waals surface area contributed by atoms with Crippen molar-refractivity contribution in [1.82, 2.24) is 15.6 Å². The molecule has 2 amide bonds. The summed E-state index contributed by atoms with van der Waals surface area (Å²) in [4.78, 5) is 27.7. The number of hydrogen-bond donors (Lipinski definition) is 2. The first-order valence-electron chi connectivity index (χ1n) is 8.05. The highest BCUT2D eigenvalue weighted by Crippen LogP contribution is 2.20. The first-order chi connectivity index (χ1) is 13.1. The van der Waals surface area contributed by atoms with E-state index in [1.807, 2.05) is 0 Å². The molecule has 0 unspecified atom stereocenters. The van der Waals surface area contributed by atoms with Gasteiger partial charge in [0.15, 0.2) is 0 Å². The van der Waals surface area contributed by atoms with Crippen molar-refractivity contribution in [3.8, 4) is 11.6 Å². The first-order valence-corrected chi connectivity index (χ1v) is 8.05. The number of nitrogens with one attached hydrogen (secondary N) is 2. The van der Waals surface area contributed by atoms with Crippen molar-refractivity contribution in [3.63, 3.8) is 0 Å². The van der Waals surface area contributed by atoms with Crippen LogP contribution in [-0.2, 0) is 11.3 Å². The van der Waals surface area contributed by atoms with Crippen molar-refractivity contribution >= 4 is 11.8 Å². The summed E-state index contributed by atoms with van der Waals surface area (Å²) in [6.45, 7) is 0.0801. The minimum atomic E-state index is -0.391. The fourth-order valence-electron chi connectivity index (χ4n) is 2.16. The summed E-state index contributed by atoms with van der Waals surface area (Å²) in [6.07, 6.45) is 4.22. The summed E-state index contributed by atoms with van der Waals surface area (Å²) in [7, 11) is 0. The Kier molecular flexibility index (Phi) is 5.78. The van der Waals surface area contributed by atoms with Crippen LogP contribution in [0.1, 0.15) is 15.9 Å². The third kappa shape index (κ3) is 5.40. The molecule has 3 aromatic rings. The van der Waals surface area contributed by atoms with Gasteiger partial charge in [-0.15, -0.1) is 0 Å². The summed E-state index contributed by atoms with van der Waals surface area (Å²) < 4.78 is 23.3. The lowest BCUT2D eigenvalue weighted by atomic mass is 10.2. The van der Waals surface area contributed by atoms with Crippen LogP contribution in [0.3, 0.4) is 0 Å². The SMILES string of the molecule is O=C(CNC(=O)c1ccoc1)NCc1ccnc(Oc2ccc(F)cc2)c1. The number of amides is 2. The molecule has 0 spiro atoms. The second kappa shape index (κ2) is 8.61. The maximum absolute atomic E-state index is 12.9.